The molecule has 1 fully saturated rings. The number of benzene rings is 1. The maximum atomic E-state index is 11.8. The first-order valence-corrected chi connectivity index (χ1v) is 5.31. The molecule has 3 rings (SSSR count). The molecule has 78 valence electrons. The van der Waals surface area contributed by atoms with Crippen LogP contribution in [0.15, 0.2) is 24.3 Å². The lowest BCUT2D eigenvalue weighted by Gasteiger charge is -2.28. The summed E-state index contributed by atoms with van der Waals surface area (Å²) in [7, 11) is 1.88. The zero-order valence-corrected chi connectivity index (χ0v) is 8.81. The fourth-order valence-corrected chi connectivity index (χ4v) is 2.57. The van der Waals surface area contributed by atoms with Gasteiger partial charge in [0.2, 0.25) is 5.91 Å². The molecule has 15 heavy (non-hydrogen) atoms. The van der Waals surface area contributed by atoms with Gasteiger partial charge in [-0.25, -0.2) is 0 Å². The lowest BCUT2D eigenvalue weighted by molar-refractivity contribution is -0.128. The number of carbonyl (C=O) groups excluding carboxylic acids is 1. The van der Waals surface area contributed by atoms with Gasteiger partial charge < -0.3 is 4.90 Å². The largest absolute Gasteiger partial charge is 0.331 e. The molecule has 0 spiro atoms. The third-order valence-electron chi connectivity index (χ3n) is 3.40. The summed E-state index contributed by atoms with van der Waals surface area (Å²) in [5, 5.41) is 0. The number of amides is 1. The zero-order chi connectivity index (χ0) is 10.4. The molecule has 0 saturated carbocycles. The van der Waals surface area contributed by atoms with Gasteiger partial charge in [-0.1, -0.05) is 24.3 Å². The van der Waals surface area contributed by atoms with E-state index in [1.807, 2.05) is 11.9 Å². The molecule has 3 nitrogen and oxygen atoms in total. The van der Waals surface area contributed by atoms with E-state index >= 15 is 0 Å². The van der Waals surface area contributed by atoms with Crippen molar-refractivity contribution in [3.8, 4) is 0 Å². The van der Waals surface area contributed by atoms with Crippen LogP contribution in [0.3, 0.4) is 0 Å². The van der Waals surface area contributed by atoms with E-state index in [2.05, 4.69) is 29.2 Å². The SMILES string of the molecule is CN1CN2Cc3ccccc3C[C@H]2C1=O. The van der Waals surface area contributed by atoms with Gasteiger partial charge in [0.05, 0.1) is 12.7 Å². The predicted octanol–water partition coefficient (Wildman–Crippen LogP) is 0.843. The molecule has 0 N–H and O–H groups in total. The van der Waals surface area contributed by atoms with Crippen LogP contribution in [0.2, 0.25) is 0 Å². The highest BCUT2D eigenvalue weighted by Gasteiger charge is 2.39. The van der Waals surface area contributed by atoms with E-state index in [9.17, 15) is 4.79 Å². The third-order valence-corrected chi connectivity index (χ3v) is 3.40. The lowest BCUT2D eigenvalue weighted by Crippen LogP contribution is -2.38. The van der Waals surface area contributed by atoms with E-state index in [1.54, 1.807) is 0 Å². The van der Waals surface area contributed by atoms with Crippen LogP contribution in [0.1, 0.15) is 11.1 Å². The van der Waals surface area contributed by atoms with Crippen molar-refractivity contribution in [1.82, 2.24) is 9.80 Å². The highest BCUT2D eigenvalue weighted by atomic mass is 16.2. The second kappa shape index (κ2) is 3.07. The summed E-state index contributed by atoms with van der Waals surface area (Å²) in [6, 6.07) is 8.51. The summed E-state index contributed by atoms with van der Waals surface area (Å²) in [6.07, 6.45) is 0.874. The molecule has 0 unspecified atom stereocenters. The second-order valence-corrected chi connectivity index (χ2v) is 4.41. The standard InChI is InChI=1S/C12H14N2O/c1-13-8-14-7-10-5-3-2-4-9(10)6-11(14)12(13)15/h2-5,11H,6-8H2,1H3/t11-/m0/s1. The summed E-state index contributed by atoms with van der Waals surface area (Å²) in [6.45, 7) is 1.69. The van der Waals surface area contributed by atoms with Crippen LogP contribution < -0.4 is 0 Å². The molecule has 2 aliphatic heterocycles. The zero-order valence-electron chi connectivity index (χ0n) is 8.81. The number of fused-ring (bicyclic) bond motifs is 2. The minimum absolute atomic E-state index is 0.0879. The Bertz CT molecular complexity index is 416. The Morgan fingerprint density at radius 2 is 2.00 bits per heavy atom. The molecule has 1 saturated heterocycles. The number of hydrogen-bond donors (Lipinski definition) is 0. The molecule has 0 aliphatic carbocycles. The van der Waals surface area contributed by atoms with Crippen molar-refractivity contribution in [2.45, 2.75) is 19.0 Å². The third kappa shape index (κ3) is 1.27. The average molecular weight is 202 g/mol. The van der Waals surface area contributed by atoms with Gasteiger partial charge in [-0.05, 0) is 17.5 Å². The molecule has 0 bridgehead atoms. The van der Waals surface area contributed by atoms with Gasteiger partial charge in [0.1, 0.15) is 0 Å². The van der Waals surface area contributed by atoms with E-state index in [1.165, 1.54) is 11.1 Å². The quantitative estimate of drug-likeness (QED) is 0.622. The van der Waals surface area contributed by atoms with Gasteiger partial charge in [0, 0.05) is 13.6 Å². The molecule has 1 amide bonds. The summed E-state index contributed by atoms with van der Waals surface area (Å²) < 4.78 is 0. The van der Waals surface area contributed by atoms with Crippen molar-refractivity contribution in [3.05, 3.63) is 35.4 Å². The molecular weight excluding hydrogens is 188 g/mol. The van der Waals surface area contributed by atoms with Crippen LogP contribution in [0.5, 0.6) is 0 Å². The van der Waals surface area contributed by atoms with Crippen LogP contribution in [0, 0.1) is 0 Å². The Morgan fingerprint density at radius 3 is 2.80 bits per heavy atom. The van der Waals surface area contributed by atoms with Crippen molar-refractivity contribution in [3.63, 3.8) is 0 Å². The normalized spacial score (nSPS) is 25.3. The van der Waals surface area contributed by atoms with Crippen LogP contribution in [0.25, 0.3) is 0 Å². The first-order valence-electron chi connectivity index (χ1n) is 5.31. The summed E-state index contributed by atoms with van der Waals surface area (Å²) in [5.74, 6) is 0.268. The van der Waals surface area contributed by atoms with E-state index in [4.69, 9.17) is 0 Å². The van der Waals surface area contributed by atoms with Crippen molar-refractivity contribution in [1.29, 1.82) is 0 Å². The van der Waals surface area contributed by atoms with E-state index < -0.39 is 0 Å². The lowest BCUT2D eigenvalue weighted by atomic mass is 9.95. The Hall–Kier alpha value is -1.35. The van der Waals surface area contributed by atoms with Crippen molar-refractivity contribution >= 4 is 5.91 Å². The molecule has 1 aromatic carbocycles. The first-order chi connectivity index (χ1) is 7.25. The minimum atomic E-state index is 0.0879. The highest BCUT2D eigenvalue weighted by Crippen LogP contribution is 2.27. The smallest absolute Gasteiger partial charge is 0.241 e. The Labute approximate surface area is 89.3 Å². The fourth-order valence-electron chi connectivity index (χ4n) is 2.57. The average Bonchev–Trinajstić information content (AvgIpc) is 2.52. The number of likely N-dealkylation sites (N-methyl/N-ethyl adjacent to an activating group) is 1. The summed E-state index contributed by atoms with van der Waals surface area (Å²) in [5.41, 5.74) is 2.71. The van der Waals surface area contributed by atoms with E-state index in [0.29, 0.717) is 0 Å². The maximum Gasteiger partial charge on any atom is 0.241 e. The number of rotatable bonds is 0. The number of carbonyl (C=O) groups is 1. The Kier molecular flexibility index (Phi) is 1.83. The van der Waals surface area contributed by atoms with E-state index in [-0.39, 0.29) is 11.9 Å². The molecule has 2 heterocycles. The monoisotopic (exact) mass is 202 g/mol. The van der Waals surface area contributed by atoms with Gasteiger partial charge >= 0.3 is 0 Å². The summed E-state index contributed by atoms with van der Waals surface area (Å²) >= 11 is 0. The van der Waals surface area contributed by atoms with Crippen LogP contribution in [0.4, 0.5) is 0 Å². The molecule has 3 heteroatoms. The van der Waals surface area contributed by atoms with Gasteiger partial charge in [0.15, 0.2) is 0 Å². The van der Waals surface area contributed by atoms with Crippen LogP contribution in [-0.2, 0) is 17.8 Å². The number of hydrogen-bond acceptors (Lipinski definition) is 2. The molecule has 2 aliphatic rings. The predicted molar refractivity (Wildman–Crippen MR) is 57.1 cm³/mol. The van der Waals surface area contributed by atoms with Crippen molar-refractivity contribution in [2.24, 2.45) is 0 Å². The minimum Gasteiger partial charge on any atom is -0.331 e. The molecule has 1 aromatic rings. The van der Waals surface area contributed by atoms with Crippen molar-refractivity contribution in [2.75, 3.05) is 13.7 Å². The van der Waals surface area contributed by atoms with Gasteiger partial charge in [-0.3, -0.25) is 9.69 Å². The molecular formula is C12H14N2O. The Balaban J connectivity index is 1.97. The fraction of sp³-hybridized carbons (Fsp3) is 0.417. The first kappa shape index (κ1) is 8.92. The molecule has 1 atom stereocenters. The van der Waals surface area contributed by atoms with Gasteiger partial charge in [0.25, 0.3) is 0 Å². The maximum absolute atomic E-state index is 11.8. The Morgan fingerprint density at radius 1 is 1.27 bits per heavy atom. The second-order valence-electron chi connectivity index (χ2n) is 4.41. The van der Waals surface area contributed by atoms with Crippen LogP contribution >= 0.6 is 0 Å². The molecule has 0 aromatic heterocycles. The van der Waals surface area contributed by atoms with Crippen LogP contribution in [-0.4, -0.2) is 35.5 Å². The highest BCUT2D eigenvalue weighted by molar-refractivity contribution is 5.84. The van der Waals surface area contributed by atoms with Gasteiger partial charge in [-0.2, -0.15) is 0 Å². The van der Waals surface area contributed by atoms with Gasteiger partial charge in [-0.15, -0.1) is 0 Å². The van der Waals surface area contributed by atoms with Crippen molar-refractivity contribution < 1.29 is 4.79 Å². The topological polar surface area (TPSA) is 23.6 Å². The van der Waals surface area contributed by atoms with E-state index in [0.717, 1.165) is 19.6 Å². The summed E-state index contributed by atoms with van der Waals surface area (Å²) in [4.78, 5) is 15.9. The molecule has 0 radical (unpaired) electrons. The number of nitrogens with zero attached hydrogens (tertiary/aromatic N) is 2.